The summed E-state index contributed by atoms with van der Waals surface area (Å²) in [5.74, 6) is 0. The molecule has 88 valence electrons. The molecule has 0 radical (unpaired) electrons. The number of fused-ring (bicyclic) bond motifs is 1. The van der Waals surface area contributed by atoms with Crippen LogP contribution in [0, 0.1) is 0 Å². The maximum absolute atomic E-state index is 5.46. The number of para-hydroxylation sites is 2. The normalized spacial score (nSPS) is 14.9. The Morgan fingerprint density at radius 3 is 2.65 bits per heavy atom. The molecule has 1 aromatic heterocycles. The Balaban J connectivity index is 2.06. The van der Waals surface area contributed by atoms with Gasteiger partial charge in [-0.05, 0) is 12.1 Å². The number of aromatic nitrogens is 2. The van der Waals surface area contributed by atoms with E-state index in [1.54, 1.807) is 0 Å². The van der Waals surface area contributed by atoms with Crippen molar-refractivity contribution in [2.45, 2.75) is 0 Å². The van der Waals surface area contributed by atoms with E-state index in [2.05, 4.69) is 28.2 Å². The van der Waals surface area contributed by atoms with E-state index in [0.29, 0.717) is 6.01 Å². The fourth-order valence-electron chi connectivity index (χ4n) is 2.04. The van der Waals surface area contributed by atoms with Gasteiger partial charge >= 0.3 is 12.0 Å². The van der Waals surface area contributed by atoms with Crippen LogP contribution in [-0.2, 0) is 0 Å². The number of nitrogens with zero attached hydrogens (tertiary/aromatic N) is 4. The summed E-state index contributed by atoms with van der Waals surface area (Å²) in [6.07, 6.45) is 0. The first kappa shape index (κ1) is 9.95. The van der Waals surface area contributed by atoms with Gasteiger partial charge in [-0.15, -0.1) is 0 Å². The summed E-state index contributed by atoms with van der Waals surface area (Å²) >= 11 is 0. The third-order valence-corrected chi connectivity index (χ3v) is 2.90. The predicted molar refractivity (Wildman–Crippen MR) is 65.4 cm³/mol. The molecule has 6 heteroatoms. The number of hydrogen-bond donors (Lipinski definition) is 1. The number of nitrogen functional groups attached to an aromatic ring is 1. The first-order valence-corrected chi connectivity index (χ1v) is 5.42. The average Bonchev–Trinajstić information content (AvgIpc) is 2.77. The van der Waals surface area contributed by atoms with E-state index < -0.39 is 0 Å². The van der Waals surface area contributed by atoms with Gasteiger partial charge in [0.2, 0.25) is 0 Å². The van der Waals surface area contributed by atoms with Crippen LogP contribution in [0.4, 0.5) is 23.4 Å². The smallest absolute Gasteiger partial charge is 0.324 e. The lowest BCUT2D eigenvalue weighted by Gasteiger charge is -2.34. The average molecular weight is 231 g/mol. The van der Waals surface area contributed by atoms with Crippen LogP contribution >= 0.6 is 0 Å². The second-order valence-electron chi connectivity index (χ2n) is 3.98. The standard InChI is InChI=1S/C11H13N5O/c1-15-6-7-16(11-14-13-10(12)17-11)9-5-3-2-4-8(9)15/h2-5H,6-7H2,1H3,(H2,12,13). The van der Waals surface area contributed by atoms with Crippen LogP contribution in [0.1, 0.15) is 0 Å². The summed E-state index contributed by atoms with van der Waals surface area (Å²) in [5.41, 5.74) is 7.66. The second kappa shape index (κ2) is 3.65. The number of rotatable bonds is 1. The Morgan fingerprint density at radius 1 is 1.18 bits per heavy atom. The van der Waals surface area contributed by atoms with Gasteiger partial charge in [0.1, 0.15) is 0 Å². The van der Waals surface area contributed by atoms with E-state index in [9.17, 15) is 0 Å². The molecule has 0 saturated carbocycles. The van der Waals surface area contributed by atoms with Crippen LogP contribution in [-0.4, -0.2) is 30.3 Å². The van der Waals surface area contributed by atoms with Crippen molar-refractivity contribution < 1.29 is 4.42 Å². The highest BCUT2D eigenvalue weighted by molar-refractivity contribution is 5.76. The number of hydrogen-bond acceptors (Lipinski definition) is 6. The van der Waals surface area contributed by atoms with Crippen molar-refractivity contribution in [3.8, 4) is 0 Å². The molecule has 0 atom stereocenters. The van der Waals surface area contributed by atoms with Crippen LogP contribution in [0.25, 0.3) is 0 Å². The van der Waals surface area contributed by atoms with Crippen molar-refractivity contribution in [1.82, 2.24) is 10.2 Å². The molecule has 6 nitrogen and oxygen atoms in total. The number of anilines is 4. The maximum Gasteiger partial charge on any atom is 0.324 e. The van der Waals surface area contributed by atoms with Crippen LogP contribution in [0.2, 0.25) is 0 Å². The molecule has 2 aromatic rings. The van der Waals surface area contributed by atoms with E-state index in [0.717, 1.165) is 24.5 Å². The summed E-state index contributed by atoms with van der Waals surface area (Å²) in [6.45, 7) is 1.70. The van der Waals surface area contributed by atoms with E-state index in [1.165, 1.54) is 0 Å². The van der Waals surface area contributed by atoms with E-state index in [-0.39, 0.29) is 6.01 Å². The van der Waals surface area contributed by atoms with Gasteiger partial charge < -0.3 is 15.1 Å². The van der Waals surface area contributed by atoms with Gasteiger partial charge in [0.25, 0.3) is 0 Å². The molecule has 0 bridgehead atoms. The molecule has 0 spiro atoms. The maximum atomic E-state index is 5.46. The van der Waals surface area contributed by atoms with Crippen LogP contribution in [0.15, 0.2) is 28.7 Å². The summed E-state index contributed by atoms with van der Waals surface area (Å²) in [6, 6.07) is 8.65. The van der Waals surface area contributed by atoms with Crippen LogP contribution < -0.4 is 15.5 Å². The summed E-state index contributed by atoms with van der Waals surface area (Å²) < 4.78 is 5.28. The Labute approximate surface area is 98.6 Å². The lowest BCUT2D eigenvalue weighted by atomic mass is 10.2. The largest absolute Gasteiger partial charge is 0.389 e. The highest BCUT2D eigenvalue weighted by Gasteiger charge is 2.24. The first-order chi connectivity index (χ1) is 8.25. The molecule has 0 unspecified atom stereocenters. The van der Waals surface area contributed by atoms with Crippen molar-refractivity contribution in [3.63, 3.8) is 0 Å². The Hall–Kier alpha value is -2.24. The van der Waals surface area contributed by atoms with E-state index in [4.69, 9.17) is 10.2 Å². The van der Waals surface area contributed by atoms with Crippen molar-refractivity contribution in [2.75, 3.05) is 35.7 Å². The van der Waals surface area contributed by atoms with Gasteiger partial charge in [0, 0.05) is 20.1 Å². The van der Waals surface area contributed by atoms with Crippen molar-refractivity contribution in [3.05, 3.63) is 24.3 Å². The molecule has 17 heavy (non-hydrogen) atoms. The lowest BCUT2D eigenvalue weighted by molar-refractivity contribution is 0.564. The summed E-state index contributed by atoms with van der Waals surface area (Å²) in [4.78, 5) is 4.18. The zero-order valence-corrected chi connectivity index (χ0v) is 9.50. The SMILES string of the molecule is CN1CCN(c2nnc(N)o2)c2ccccc21. The highest BCUT2D eigenvalue weighted by Crippen LogP contribution is 2.36. The molecule has 1 aromatic carbocycles. The predicted octanol–water partition coefficient (Wildman–Crippen LogP) is 1.24. The third kappa shape index (κ3) is 1.57. The monoisotopic (exact) mass is 231 g/mol. The van der Waals surface area contributed by atoms with Crippen molar-refractivity contribution >= 4 is 23.4 Å². The molecule has 0 fully saturated rings. The lowest BCUT2D eigenvalue weighted by Crippen LogP contribution is -2.36. The fourth-order valence-corrected chi connectivity index (χ4v) is 2.04. The molecule has 3 rings (SSSR count). The molecule has 0 aliphatic carbocycles. The first-order valence-electron chi connectivity index (χ1n) is 5.42. The van der Waals surface area contributed by atoms with E-state index in [1.807, 2.05) is 23.1 Å². The molecule has 1 aliphatic rings. The van der Waals surface area contributed by atoms with Gasteiger partial charge in [-0.1, -0.05) is 22.3 Å². The van der Waals surface area contributed by atoms with E-state index >= 15 is 0 Å². The molecular weight excluding hydrogens is 218 g/mol. The summed E-state index contributed by atoms with van der Waals surface area (Å²) in [5, 5.41) is 7.62. The Kier molecular flexibility index (Phi) is 2.14. The van der Waals surface area contributed by atoms with Crippen molar-refractivity contribution in [1.29, 1.82) is 0 Å². The van der Waals surface area contributed by atoms with Gasteiger partial charge in [0.15, 0.2) is 0 Å². The highest BCUT2D eigenvalue weighted by atomic mass is 16.4. The van der Waals surface area contributed by atoms with Gasteiger partial charge in [-0.25, -0.2) is 0 Å². The van der Waals surface area contributed by atoms with Crippen LogP contribution in [0.5, 0.6) is 0 Å². The van der Waals surface area contributed by atoms with Crippen LogP contribution in [0.3, 0.4) is 0 Å². The summed E-state index contributed by atoms with van der Waals surface area (Å²) in [7, 11) is 2.07. The second-order valence-corrected chi connectivity index (χ2v) is 3.98. The number of likely N-dealkylation sites (N-methyl/N-ethyl adjacent to an activating group) is 1. The molecule has 0 saturated heterocycles. The Morgan fingerprint density at radius 2 is 1.94 bits per heavy atom. The fraction of sp³-hybridized carbons (Fsp3) is 0.273. The quantitative estimate of drug-likeness (QED) is 0.796. The minimum atomic E-state index is 0.0939. The molecular formula is C11H13N5O. The number of nitrogens with two attached hydrogens (primary N) is 1. The zero-order chi connectivity index (χ0) is 11.8. The van der Waals surface area contributed by atoms with Gasteiger partial charge in [0.05, 0.1) is 11.4 Å². The molecule has 2 N–H and O–H groups in total. The third-order valence-electron chi connectivity index (χ3n) is 2.90. The zero-order valence-electron chi connectivity index (χ0n) is 9.50. The minimum Gasteiger partial charge on any atom is -0.389 e. The molecule has 2 heterocycles. The molecule has 0 amide bonds. The Bertz CT molecular complexity index is 538. The van der Waals surface area contributed by atoms with Gasteiger partial charge in [-0.3, -0.25) is 4.90 Å². The van der Waals surface area contributed by atoms with Gasteiger partial charge in [-0.2, -0.15) is 0 Å². The number of benzene rings is 1. The topological polar surface area (TPSA) is 71.4 Å². The minimum absolute atomic E-state index is 0.0939. The molecule has 1 aliphatic heterocycles. The van der Waals surface area contributed by atoms with Crippen molar-refractivity contribution in [2.24, 2.45) is 0 Å².